The molecule has 1 aromatic carbocycles. The number of carbonyl (C=O) groups is 1. The van der Waals surface area contributed by atoms with E-state index < -0.39 is 0 Å². The summed E-state index contributed by atoms with van der Waals surface area (Å²) in [5.74, 6) is -0.0862. The van der Waals surface area contributed by atoms with E-state index >= 15 is 0 Å². The Bertz CT molecular complexity index is 795. The van der Waals surface area contributed by atoms with E-state index in [1.165, 1.54) is 0 Å². The van der Waals surface area contributed by atoms with Crippen molar-refractivity contribution in [3.63, 3.8) is 0 Å². The third-order valence-corrected chi connectivity index (χ3v) is 4.26. The molecule has 0 aliphatic heterocycles. The van der Waals surface area contributed by atoms with Gasteiger partial charge in [-0.1, -0.05) is 11.8 Å². The highest BCUT2D eigenvalue weighted by atomic mass is 32.2. The molecule has 2 aromatic heterocycles. The van der Waals surface area contributed by atoms with Gasteiger partial charge in [-0.05, 0) is 43.5 Å². The number of benzene rings is 1. The van der Waals surface area contributed by atoms with Gasteiger partial charge in [-0.25, -0.2) is 4.98 Å². The van der Waals surface area contributed by atoms with E-state index in [0.29, 0.717) is 12.1 Å². The van der Waals surface area contributed by atoms with E-state index in [0.717, 1.165) is 10.8 Å². The van der Waals surface area contributed by atoms with E-state index in [1.807, 2.05) is 60.5 Å². The molecular formula is C17H19N5OS. The largest absolute Gasteiger partial charge is 0.348 e. The Morgan fingerprint density at radius 3 is 2.71 bits per heavy atom. The lowest BCUT2D eigenvalue weighted by molar-refractivity contribution is 0.0936. The van der Waals surface area contributed by atoms with Crippen LogP contribution in [0.3, 0.4) is 0 Å². The Balaban J connectivity index is 1.65. The van der Waals surface area contributed by atoms with E-state index in [1.54, 1.807) is 28.8 Å². The fourth-order valence-corrected chi connectivity index (χ4v) is 2.98. The van der Waals surface area contributed by atoms with Gasteiger partial charge in [-0.2, -0.15) is 5.10 Å². The highest BCUT2D eigenvalue weighted by molar-refractivity contribution is 7.98. The maximum atomic E-state index is 12.3. The second kappa shape index (κ2) is 7.35. The van der Waals surface area contributed by atoms with Gasteiger partial charge in [0.1, 0.15) is 0 Å². The highest BCUT2D eigenvalue weighted by Gasteiger charge is 2.11. The number of nitrogens with one attached hydrogen (secondary N) is 1. The molecule has 0 radical (unpaired) electrons. The maximum Gasteiger partial charge on any atom is 0.251 e. The second-order valence-electron chi connectivity index (χ2n) is 5.43. The molecule has 3 aromatic rings. The number of hydrogen-bond acceptors (Lipinski definition) is 4. The van der Waals surface area contributed by atoms with Gasteiger partial charge < -0.3 is 5.32 Å². The summed E-state index contributed by atoms with van der Waals surface area (Å²) in [5, 5.41) is 8.05. The summed E-state index contributed by atoms with van der Waals surface area (Å²) in [5.41, 5.74) is 1.62. The third kappa shape index (κ3) is 3.68. The van der Waals surface area contributed by atoms with Gasteiger partial charge in [0.25, 0.3) is 5.91 Å². The van der Waals surface area contributed by atoms with Crippen LogP contribution in [-0.4, -0.2) is 37.5 Å². The van der Waals surface area contributed by atoms with Crippen molar-refractivity contribution in [1.29, 1.82) is 0 Å². The summed E-state index contributed by atoms with van der Waals surface area (Å²) in [6, 6.07) is 9.37. The van der Waals surface area contributed by atoms with Crippen molar-refractivity contribution in [2.45, 2.75) is 24.7 Å². The zero-order chi connectivity index (χ0) is 16.9. The summed E-state index contributed by atoms with van der Waals surface area (Å²) in [6.07, 6.45) is 9.27. The summed E-state index contributed by atoms with van der Waals surface area (Å²) in [4.78, 5) is 16.6. The minimum absolute atomic E-state index is 0.00572. The van der Waals surface area contributed by atoms with Crippen LogP contribution >= 0.6 is 11.8 Å². The molecule has 0 saturated carbocycles. The van der Waals surface area contributed by atoms with Crippen molar-refractivity contribution in [3.05, 3.63) is 60.7 Å². The lowest BCUT2D eigenvalue weighted by Crippen LogP contribution is -2.35. The Morgan fingerprint density at radius 1 is 1.25 bits per heavy atom. The summed E-state index contributed by atoms with van der Waals surface area (Å²) >= 11 is 1.58. The Hall–Kier alpha value is -2.54. The van der Waals surface area contributed by atoms with Crippen LogP contribution in [0.1, 0.15) is 17.3 Å². The van der Waals surface area contributed by atoms with Crippen molar-refractivity contribution in [1.82, 2.24) is 24.6 Å². The minimum atomic E-state index is -0.0862. The lowest BCUT2D eigenvalue weighted by atomic mass is 10.2. The van der Waals surface area contributed by atoms with Crippen LogP contribution < -0.4 is 5.32 Å². The molecule has 0 aliphatic rings. The molecule has 0 fully saturated rings. The van der Waals surface area contributed by atoms with Crippen molar-refractivity contribution in [2.75, 3.05) is 6.26 Å². The van der Waals surface area contributed by atoms with E-state index in [9.17, 15) is 4.79 Å². The Morgan fingerprint density at radius 2 is 2.04 bits per heavy atom. The van der Waals surface area contributed by atoms with Gasteiger partial charge in [0.2, 0.25) is 0 Å². The molecule has 1 N–H and O–H groups in total. The number of nitrogens with zero attached hydrogens (tertiary/aromatic N) is 4. The standard InChI is InChI=1S/C17H19N5OS/c1-13(12-21-10-3-8-19-21)20-16(23)14-4-6-15(7-5-14)22-11-9-18-17(22)24-2/h3-11,13H,12H2,1-2H3,(H,20,23)/t13-/m1/s1. The van der Waals surface area contributed by atoms with Crippen LogP contribution in [0, 0.1) is 0 Å². The van der Waals surface area contributed by atoms with Gasteiger partial charge in [0.15, 0.2) is 5.16 Å². The summed E-state index contributed by atoms with van der Waals surface area (Å²) in [7, 11) is 0. The highest BCUT2D eigenvalue weighted by Crippen LogP contribution is 2.18. The predicted octanol–water partition coefficient (Wildman–Crippen LogP) is 2.61. The smallest absolute Gasteiger partial charge is 0.251 e. The van der Waals surface area contributed by atoms with Crippen molar-refractivity contribution >= 4 is 17.7 Å². The molecule has 6 nitrogen and oxygen atoms in total. The van der Waals surface area contributed by atoms with Gasteiger partial charge in [-0.15, -0.1) is 0 Å². The molecule has 0 unspecified atom stereocenters. The van der Waals surface area contributed by atoms with E-state index in [4.69, 9.17) is 0 Å². The summed E-state index contributed by atoms with van der Waals surface area (Å²) < 4.78 is 3.80. The van der Waals surface area contributed by atoms with Crippen LogP contribution in [0.5, 0.6) is 0 Å². The van der Waals surface area contributed by atoms with E-state index in [2.05, 4.69) is 15.4 Å². The molecule has 24 heavy (non-hydrogen) atoms. The average Bonchev–Trinajstić information content (AvgIpc) is 3.25. The number of carbonyl (C=O) groups excluding carboxylic acids is 1. The Labute approximate surface area is 144 Å². The molecular weight excluding hydrogens is 322 g/mol. The molecule has 0 saturated heterocycles. The van der Waals surface area contributed by atoms with Crippen molar-refractivity contribution in [3.8, 4) is 5.69 Å². The number of hydrogen-bond donors (Lipinski definition) is 1. The minimum Gasteiger partial charge on any atom is -0.348 e. The predicted molar refractivity (Wildman–Crippen MR) is 94.5 cm³/mol. The van der Waals surface area contributed by atoms with Crippen LogP contribution in [0.4, 0.5) is 0 Å². The van der Waals surface area contributed by atoms with Crippen LogP contribution in [0.15, 0.2) is 60.3 Å². The van der Waals surface area contributed by atoms with E-state index in [-0.39, 0.29) is 11.9 Å². The van der Waals surface area contributed by atoms with Crippen molar-refractivity contribution in [2.24, 2.45) is 0 Å². The fraction of sp³-hybridized carbons (Fsp3) is 0.235. The number of rotatable bonds is 6. The lowest BCUT2D eigenvalue weighted by Gasteiger charge is -2.14. The number of thioether (sulfide) groups is 1. The topological polar surface area (TPSA) is 64.7 Å². The molecule has 3 rings (SSSR count). The molecule has 0 bridgehead atoms. The fourth-order valence-electron chi connectivity index (χ4n) is 2.45. The first kappa shape index (κ1) is 16.3. The van der Waals surface area contributed by atoms with Gasteiger partial charge in [0.05, 0.1) is 6.54 Å². The normalized spacial score (nSPS) is 12.1. The molecule has 1 amide bonds. The zero-order valence-corrected chi connectivity index (χ0v) is 14.4. The molecule has 7 heteroatoms. The molecule has 1 atom stereocenters. The number of aromatic nitrogens is 4. The molecule has 0 aliphatic carbocycles. The molecule has 0 spiro atoms. The number of amides is 1. The summed E-state index contributed by atoms with van der Waals surface area (Å²) in [6.45, 7) is 2.60. The second-order valence-corrected chi connectivity index (χ2v) is 6.21. The van der Waals surface area contributed by atoms with Crippen molar-refractivity contribution < 1.29 is 4.79 Å². The van der Waals surface area contributed by atoms with Gasteiger partial charge in [0, 0.05) is 42.1 Å². The van der Waals surface area contributed by atoms with Crippen LogP contribution in [0.25, 0.3) is 5.69 Å². The Kier molecular flexibility index (Phi) is 5.00. The first-order valence-corrected chi connectivity index (χ1v) is 8.86. The van der Waals surface area contributed by atoms with Crippen LogP contribution in [0.2, 0.25) is 0 Å². The zero-order valence-electron chi connectivity index (χ0n) is 13.6. The number of imidazole rings is 1. The average molecular weight is 341 g/mol. The maximum absolute atomic E-state index is 12.3. The molecule has 2 heterocycles. The SMILES string of the molecule is CSc1nccn1-c1ccc(C(=O)N[C@H](C)Cn2cccn2)cc1. The van der Waals surface area contributed by atoms with Gasteiger partial charge >= 0.3 is 0 Å². The van der Waals surface area contributed by atoms with Gasteiger partial charge in [-0.3, -0.25) is 14.0 Å². The third-order valence-electron chi connectivity index (χ3n) is 3.59. The van der Waals surface area contributed by atoms with Crippen LogP contribution in [-0.2, 0) is 6.54 Å². The first-order chi connectivity index (χ1) is 11.7. The first-order valence-electron chi connectivity index (χ1n) is 7.63. The quantitative estimate of drug-likeness (QED) is 0.700. The molecule has 124 valence electrons. The monoisotopic (exact) mass is 341 g/mol.